The molecule has 2 rings (SSSR count). The molecule has 0 aliphatic carbocycles. The van der Waals surface area contributed by atoms with E-state index in [0.29, 0.717) is 11.3 Å². The molecule has 0 unspecified atom stereocenters. The van der Waals surface area contributed by atoms with Crippen molar-refractivity contribution in [2.45, 2.75) is 20.3 Å². The molecule has 1 heterocycles. The van der Waals surface area contributed by atoms with Gasteiger partial charge in [0.25, 0.3) is 0 Å². The first-order chi connectivity index (χ1) is 10.1. The van der Waals surface area contributed by atoms with E-state index in [4.69, 9.17) is 10.5 Å². The lowest BCUT2D eigenvalue weighted by Gasteiger charge is -2.03. The molecule has 2 aromatic rings. The highest BCUT2D eigenvalue weighted by Crippen LogP contribution is 2.23. The zero-order valence-electron chi connectivity index (χ0n) is 11.7. The van der Waals surface area contributed by atoms with E-state index in [2.05, 4.69) is 10.2 Å². The van der Waals surface area contributed by atoms with Gasteiger partial charge >= 0.3 is 0 Å². The lowest BCUT2D eigenvalue weighted by Crippen LogP contribution is -1.99. The summed E-state index contributed by atoms with van der Waals surface area (Å²) in [5.74, 6) is -0.0384. The predicted octanol–water partition coefficient (Wildman–Crippen LogP) is 2.27. The fourth-order valence-electron chi connectivity index (χ4n) is 1.87. The summed E-state index contributed by atoms with van der Waals surface area (Å²) in [5.41, 5.74) is 2.69. The minimum atomic E-state index is -0.0700. The Morgan fingerprint density at radius 2 is 2.05 bits per heavy atom. The lowest BCUT2D eigenvalue weighted by molar-refractivity contribution is 0.473. The second-order valence-electron chi connectivity index (χ2n) is 4.40. The fraction of sp³-hybridized carbons (Fsp3) is 0.200. The molecule has 0 aliphatic heterocycles. The Kier molecular flexibility index (Phi) is 4.01. The van der Waals surface area contributed by atoms with Crippen LogP contribution in [-0.2, 0) is 6.42 Å². The number of rotatable bonds is 3. The van der Waals surface area contributed by atoms with Crippen molar-refractivity contribution < 1.29 is 5.11 Å². The van der Waals surface area contributed by atoms with Crippen LogP contribution in [0.1, 0.15) is 23.9 Å². The monoisotopic (exact) mass is 279 g/mol. The summed E-state index contributed by atoms with van der Waals surface area (Å²) in [6.45, 7) is 3.88. The van der Waals surface area contributed by atoms with Gasteiger partial charge in [0, 0.05) is 11.6 Å². The van der Waals surface area contributed by atoms with Gasteiger partial charge in [-0.2, -0.15) is 25.5 Å². The van der Waals surface area contributed by atoms with Crippen LogP contribution >= 0.6 is 0 Å². The predicted molar refractivity (Wildman–Crippen MR) is 76.3 cm³/mol. The van der Waals surface area contributed by atoms with Crippen molar-refractivity contribution in [2.24, 2.45) is 0 Å². The van der Waals surface area contributed by atoms with Crippen LogP contribution in [-0.4, -0.2) is 20.1 Å². The Bertz CT molecular complexity index is 773. The summed E-state index contributed by atoms with van der Waals surface area (Å²) in [5, 5.41) is 36.1. The maximum absolute atomic E-state index is 9.99. The van der Waals surface area contributed by atoms with Gasteiger partial charge in [0.15, 0.2) is 0 Å². The maximum Gasteiger partial charge on any atom is 0.130 e. The molecule has 104 valence electrons. The Hall–Kier alpha value is -3.12. The minimum Gasteiger partial charge on any atom is -0.507 e. The molecule has 6 nitrogen and oxygen atoms in total. The number of allylic oxidation sites excluding steroid dienone is 1. The number of aromatic nitrogens is 3. The zero-order chi connectivity index (χ0) is 15.4. The molecular weight excluding hydrogens is 266 g/mol. The van der Waals surface area contributed by atoms with Crippen molar-refractivity contribution in [3.63, 3.8) is 0 Å². The second-order valence-corrected chi connectivity index (χ2v) is 4.40. The Morgan fingerprint density at radius 3 is 2.57 bits per heavy atom. The number of hydrogen-bond donors (Lipinski definition) is 1. The highest BCUT2D eigenvalue weighted by molar-refractivity contribution is 5.67. The maximum atomic E-state index is 9.99. The Balaban J connectivity index is 2.42. The third kappa shape index (κ3) is 2.90. The molecule has 0 atom stereocenters. The molecule has 0 bridgehead atoms. The second kappa shape index (κ2) is 5.89. The molecule has 1 N–H and O–H groups in total. The molecule has 0 radical (unpaired) electrons. The zero-order valence-corrected chi connectivity index (χ0v) is 11.7. The quantitative estimate of drug-likeness (QED) is 0.869. The van der Waals surface area contributed by atoms with Crippen LogP contribution in [0.25, 0.3) is 11.8 Å². The molecule has 21 heavy (non-hydrogen) atoms. The summed E-state index contributed by atoms with van der Waals surface area (Å²) in [6.07, 6.45) is 2.12. The van der Waals surface area contributed by atoms with Gasteiger partial charge in [0.2, 0.25) is 0 Å². The number of aromatic hydroxyl groups is 1. The standard InChI is InChI=1S/C15H13N5O/c1-3-14-10(2)18-20(19-14)13-5-4-12(15(21)7-13)6-11(8-16)9-17/h4-7,21H,3H2,1-2H3. The molecule has 1 aromatic carbocycles. The van der Waals surface area contributed by atoms with Crippen LogP contribution in [0.5, 0.6) is 5.75 Å². The average molecular weight is 279 g/mol. The number of benzene rings is 1. The van der Waals surface area contributed by atoms with E-state index >= 15 is 0 Å². The van der Waals surface area contributed by atoms with Crippen LogP contribution in [0.3, 0.4) is 0 Å². The molecule has 0 aliphatic rings. The summed E-state index contributed by atoms with van der Waals surface area (Å²) >= 11 is 0. The molecule has 0 saturated carbocycles. The Morgan fingerprint density at radius 1 is 1.33 bits per heavy atom. The van der Waals surface area contributed by atoms with E-state index in [9.17, 15) is 5.11 Å². The van der Waals surface area contributed by atoms with Crippen molar-refractivity contribution in [3.05, 3.63) is 40.7 Å². The van der Waals surface area contributed by atoms with E-state index in [-0.39, 0.29) is 11.3 Å². The van der Waals surface area contributed by atoms with Crippen molar-refractivity contribution in [2.75, 3.05) is 0 Å². The topological polar surface area (TPSA) is 98.5 Å². The van der Waals surface area contributed by atoms with Crippen molar-refractivity contribution in [3.8, 4) is 23.6 Å². The summed E-state index contributed by atoms with van der Waals surface area (Å²) in [7, 11) is 0. The van der Waals surface area contributed by atoms with Crippen molar-refractivity contribution in [1.82, 2.24) is 15.0 Å². The minimum absolute atomic E-state index is 0.0384. The van der Waals surface area contributed by atoms with Gasteiger partial charge in [0.1, 0.15) is 23.5 Å². The number of phenols is 1. The highest BCUT2D eigenvalue weighted by Gasteiger charge is 2.09. The number of hydrogen-bond acceptors (Lipinski definition) is 5. The summed E-state index contributed by atoms with van der Waals surface area (Å²) in [4.78, 5) is 1.46. The van der Waals surface area contributed by atoms with Gasteiger partial charge in [-0.1, -0.05) is 6.92 Å². The molecular formula is C15H13N5O. The number of aryl methyl sites for hydroxylation is 2. The highest BCUT2D eigenvalue weighted by atomic mass is 16.3. The number of phenolic OH excluding ortho intramolecular Hbond substituents is 1. The molecule has 0 saturated heterocycles. The van der Waals surface area contributed by atoms with Crippen molar-refractivity contribution >= 4 is 6.08 Å². The van der Waals surface area contributed by atoms with Gasteiger partial charge in [-0.25, -0.2) is 0 Å². The van der Waals surface area contributed by atoms with Crippen LogP contribution in [0.2, 0.25) is 0 Å². The van der Waals surface area contributed by atoms with Gasteiger partial charge in [-0.15, -0.1) is 0 Å². The summed E-state index contributed by atoms with van der Waals surface area (Å²) in [6, 6.07) is 8.33. The van der Waals surface area contributed by atoms with Crippen LogP contribution in [0.15, 0.2) is 23.8 Å². The average Bonchev–Trinajstić information content (AvgIpc) is 2.87. The van der Waals surface area contributed by atoms with Gasteiger partial charge in [-0.05, 0) is 31.6 Å². The van der Waals surface area contributed by atoms with Crippen molar-refractivity contribution in [1.29, 1.82) is 10.5 Å². The molecule has 6 heteroatoms. The van der Waals surface area contributed by atoms with Crippen LogP contribution < -0.4 is 0 Å². The smallest absolute Gasteiger partial charge is 0.130 e. The van der Waals surface area contributed by atoms with Gasteiger partial charge in [-0.3, -0.25) is 0 Å². The van der Waals surface area contributed by atoms with E-state index in [1.807, 2.05) is 13.8 Å². The number of nitriles is 2. The molecule has 1 aromatic heterocycles. The lowest BCUT2D eigenvalue weighted by atomic mass is 10.1. The normalized spacial score (nSPS) is 9.71. The van der Waals surface area contributed by atoms with Gasteiger partial charge < -0.3 is 5.11 Å². The van der Waals surface area contributed by atoms with Crippen LogP contribution in [0, 0.1) is 29.6 Å². The summed E-state index contributed by atoms with van der Waals surface area (Å²) < 4.78 is 0. The van der Waals surface area contributed by atoms with E-state index in [1.165, 1.54) is 16.9 Å². The number of nitrogens with zero attached hydrogens (tertiary/aromatic N) is 5. The largest absolute Gasteiger partial charge is 0.507 e. The van der Waals surface area contributed by atoms with E-state index in [1.54, 1.807) is 24.3 Å². The molecule has 0 amide bonds. The van der Waals surface area contributed by atoms with Gasteiger partial charge in [0.05, 0.1) is 17.1 Å². The first-order valence-corrected chi connectivity index (χ1v) is 6.37. The van der Waals surface area contributed by atoms with Crippen LogP contribution in [0.4, 0.5) is 0 Å². The Labute approximate surface area is 122 Å². The fourth-order valence-corrected chi connectivity index (χ4v) is 1.87. The van der Waals surface area contributed by atoms with E-state index in [0.717, 1.165) is 17.8 Å². The first-order valence-electron chi connectivity index (χ1n) is 6.37. The first kappa shape index (κ1) is 14.3. The molecule has 0 spiro atoms. The SMILES string of the molecule is CCc1nn(-c2ccc(C=C(C#N)C#N)c(O)c2)nc1C. The van der Waals surface area contributed by atoms with E-state index < -0.39 is 0 Å². The molecule has 0 fully saturated rings. The third-order valence-electron chi connectivity index (χ3n) is 3.00. The third-order valence-corrected chi connectivity index (χ3v) is 3.00.